The second-order valence-corrected chi connectivity index (χ2v) is 5.07. The van der Waals surface area contributed by atoms with E-state index in [1.807, 2.05) is 0 Å². The highest BCUT2D eigenvalue weighted by Crippen LogP contribution is 2.37. The molecular formula is C13H14F6N2. The Balaban J connectivity index is 2.42. The van der Waals surface area contributed by atoms with Gasteiger partial charge in [0.05, 0.1) is 11.1 Å². The Morgan fingerprint density at radius 3 is 1.81 bits per heavy atom. The fourth-order valence-corrected chi connectivity index (χ4v) is 2.02. The lowest BCUT2D eigenvalue weighted by molar-refractivity contribution is -0.143. The maximum absolute atomic E-state index is 12.8. The lowest BCUT2D eigenvalue weighted by Gasteiger charge is -2.20. The summed E-state index contributed by atoms with van der Waals surface area (Å²) in [5.41, 5.74) is 2.75. The fourth-order valence-electron chi connectivity index (χ4n) is 2.02. The summed E-state index contributed by atoms with van der Waals surface area (Å²) >= 11 is 0. The van der Waals surface area contributed by atoms with E-state index >= 15 is 0 Å². The van der Waals surface area contributed by atoms with Gasteiger partial charge in [-0.05, 0) is 36.6 Å². The average molecular weight is 312 g/mol. The van der Waals surface area contributed by atoms with Crippen molar-refractivity contribution >= 4 is 0 Å². The van der Waals surface area contributed by atoms with E-state index in [1.165, 1.54) is 0 Å². The van der Waals surface area contributed by atoms with Gasteiger partial charge < -0.3 is 11.1 Å². The summed E-state index contributed by atoms with van der Waals surface area (Å²) < 4.78 is 76.6. The molecule has 8 heteroatoms. The minimum Gasteiger partial charge on any atom is -0.329 e. The summed E-state index contributed by atoms with van der Waals surface area (Å²) in [5.74, 6) is 0. The van der Waals surface area contributed by atoms with Crippen LogP contribution in [0.4, 0.5) is 26.3 Å². The van der Waals surface area contributed by atoms with Crippen LogP contribution in [0.3, 0.4) is 0 Å². The molecule has 2 rings (SSSR count). The molecule has 1 saturated carbocycles. The van der Waals surface area contributed by atoms with E-state index in [0.717, 1.165) is 25.0 Å². The number of hydrogen-bond donors (Lipinski definition) is 2. The normalized spacial score (nSPS) is 17.9. The zero-order valence-corrected chi connectivity index (χ0v) is 10.9. The molecule has 0 aromatic heterocycles. The SMILES string of the molecule is NCC(NC1CC1)c1cc(C(F)(F)F)cc(C(F)(F)F)c1. The fraction of sp³-hybridized carbons (Fsp3) is 0.538. The number of rotatable bonds is 4. The Bertz CT molecular complexity index is 472. The van der Waals surface area contributed by atoms with Crippen LogP contribution < -0.4 is 11.1 Å². The van der Waals surface area contributed by atoms with Gasteiger partial charge in [0.25, 0.3) is 0 Å². The van der Waals surface area contributed by atoms with Gasteiger partial charge in [-0.1, -0.05) is 0 Å². The number of alkyl halides is 6. The van der Waals surface area contributed by atoms with Crippen LogP contribution in [-0.2, 0) is 12.4 Å². The third-order valence-electron chi connectivity index (χ3n) is 3.26. The van der Waals surface area contributed by atoms with Crippen LogP contribution >= 0.6 is 0 Å². The number of nitrogens with two attached hydrogens (primary N) is 1. The Morgan fingerprint density at radius 2 is 1.48 bits per heavy atom. The predicted molar refractivity (Wildman–Crippen MR) is 64.4 cm³/mol. The van der Waals surface area contributed by atoms with Crippen LogP contribution in [0.5, 0.6) is 0 Å². The molecule has 1 aliphatic carbocycles. The molecule has 1 aliphatic rings. The Hall–Kier alpha value is -1.28. The summed E-state index contributed by atoms with van der Waals surface area (Å²) in [7, 11) is 0. The zero-order valence-electron chi connectivity index (χ0n) is 10.9. The van der Waals surface area contributed by atoms with Gasteiger partial charge in [0.2, 0.25) is 0 Å². The first-order valence-electron chi connectivity index (χ1n) is 6.36. The monoisotopic (exact) mass is 312 g/mol. The first kappa shape index (κ1) is 16.1. The van der Waals surface area contributed by atoms with Crippen LogP contribution in [0, 0.1) is 0 Å². The van der Waals surface area contributed by atoms with E-state index in [-0.39, 0.29) is 24.2 Å². The standard InChI is InChI=1S/C13H14F6N2/c14-12(15,16)8-3-7(4-9(5-8)13(17,18)19)11(6-20)21-10-1-2-10/h3-5,10-11,21H,1-2,6,20H2. The molecule has 0 amide bonds. The van der Waals surface area contributed by atoms with Gasteiger partial charge in [-0.25, -0.2) is 0 Å². The molecule has 1 aromatic carbocycles. The first-order valence-corrected chi connectivity index (χ1v) is 6.36. The maximum Gasteiger partial charge on any atom is 0.416 e. The van der Waals surface area contributed by atoms with Crippen LogP contribution in [0.15, 0.2) is 18.2 Å². The lowest BCUT2D eigenvalue weighted by Crippen LogP contribution is -2.30. The molecule has 21 heavy (non-hydrogen) atoms. The van der Waals surface area contributed by atoms with Crippen LogP contribution in [0.1, 0.15) is 35.6 Å². The molecule has 1 fully saturated rings. The van der Waals surface area contributed by atoms with Crippen LogP contribution in [0.25, 0.3) is 0 Å². The highest BCUT2D eigenvalue weighted by Gasteiger charge is 2.37. The van der Waals surface area contributed by atoms with E-state index in [2.05, 4.69) is 5.32 Å². The van der Waals surface area contributed by atoms with Crippen molar-refractivity contribution in [2.24, 2.45) is 5.73 Å². The molecular weight excluding hydrogens is 298 g/mol. The molecule has 1 atom stereocenters. The quantitative estimate of drug-likeness (QED) is 0.836. The van der Waals surface area contributed by atoms with Crippen LogP contribution in [-0.4, -0.2) is 12.6 Å². The molecule has 0 bridgehead atoms. The number of halogens is 6. The van der Waals surface area contributed by atoms with E-state index in [9.17, 15) is 26.3 Å². The summed E-state index contributed by atoms with van der Waals surface area (Å²) in [4.78, 5) is 0. The van der Waals surface area contributed by atoms with Gasteiger partial charge in [0.15, 0.2) is 0 Å². The number of benzene rings is 1. The highest BCUT2D eigenvalue weighted by molar-refractivity contribution is 5.35. The van der Waals surface area contributed by atoms with Crippen molar-refractivity contribution in [3.05, 3.63) is 34.9 Å². The molecule has 0 heterocycles. The largest absolute Gasteiger partial charge is 0.416 e. The first-order chi connectivity index (χ1) is 9.61. The molecule has 0 aliphatic heterocycles. The third kappa shape index (κ3) is 4.10. The molecule has 0 radical (unpaired) electrons. The van der Waals surface area contributed by atoms with E-state index < -0.39 is 29.5 Å². The molecule has 1 unspecified atom stereocenters. The molecule has 2 nitrogen and oxygen atoms in total. The summed E-state index contributed by atoms with van der Waals surface area (Å²) in [5, 5.41) is 2.95. The van der Waals surface area contributed by atoms with Crippen LogP contribution in [0.2, 0.25) is 0 Å². The highest BCUT2D eigenvalue weighted by atomic mass is 19.4. The summed E-state index contributed by atoms with van der Waals surface area (Å²) in [6, 6.07) is 0.960. The smallest absolute Gasteiger partial charge is 0.329 e. The minimum atomic E-state index is -4.84. The zero-order chi connectivity index (χ0) is 15.8. The van der Waals surface area contributed by atoms with Crippen molar-refractivity contribution in [1.29, 1.82) is 0 Å². The van der Waals surface area contributed by atoms with Crippen molar-refractivity contribution < 1.29 is 26.3 Å². The lowest BCUT2D eigenvalue weighted by atomic mass is 9.99. The van der Waals surface area contributed by atoms with Gasteiger partial charge in [-0.15, -0.1) is 0 Å². The van der Waals surface area contributed by atoms with Crippen molar-refractivity contribution in [3.63, 3.8) is 0 Å². The van der Waals surface area contributed by atoms with Gasteiger partial charge in [-0.3, -0.25) is 0 Å². The third-order valence-corrected chi connectivity index (χ3v) is 3.26. The predicted octanol–water partition coefficient (Wildman–Crippen LogP) is 3.48. The molecule has 1 aromatic rings. The second kappa shape index (κ2) is 5.49. The van der Waals surface area contributed by atoms with E-state index in [0.29, 0.717) is 0 Å². The average Bonchev–Trinajstić information content (AvgIpc) is 3.17. The topological polar surface area (TPSA) is 38.0 Å². The van der Waals surface area contributed by atoms with Gasteiger partial charge in [0, 0.05) is 18.6 Å². The van der Waals surface area contributed by atoms with Crippen molar-refractivity contribution in [2.45, 2.75) is 37.3 Å². The van der Waals surface area contributed by atoms with Gasteiger partial charge in [-0.2, -0.15) is 26.3 Å². The molecule has 3 N–H and O–H groups in total. The molecule has 118 valence electrons. The summed E-state index contributed by atoms with van der Waals surface area (Å²) in [6.07, 6.45) is -7.98. The van der Waals surface area contributed by atoms with Gasteiger partial charge >= 0.3 is 12.4 Å². The Kier molecular flexibility index (Phi) is 4.21. The van der Waals surface area contributed by atoms with Gasteiger partial charge in [0.1, 0.15) is 0 Å². The molecule has 0 saturated heterocycles. The van der Waals surface area contributed by atoms with Crippen molar-refractivity contribution in [2.75, 3.05) is 6.54 Å². The van der Waals surface area contributed by atoms with E-state index in [4.69, 9.17) is 5.73 Å². The van der Waals surface area contributed by atoms with E-state index in [1.54, 1.807) is 0 Å². The van der Waals surface area contributed by atoms with Crippen molar-refractivity contribution in [1.82, 2.24) is 5.32 Å². The molecule has 0 spiro atoms. The summed E-state index contributed by atoms with van der Waals surface area (Å²) in [6.45, 7) is -0.0743. The number of hydrogen-bond acceptors (Lipinski definition) is 2. The van der Waals surface area contributed by atoms with Crippen molar-refractivity contribution in [3.8, 4) is 0 Å². The maximum atomic E-state index is 12.8. The Morgan fingerprint density at radius 1 is 1.00 bits per heavy atom. The Labute approximate surface area is 117 Å². The second-order valence-electron chi connectivity index (χ2n) is 5.07. The minimum absolute atomic E-state index is 0.0743. The number of nitrogens with one attached hydrogen (secondary N) is 1.